The van der Waals surface area contributed by atoms with E-state index in [9.17, 15) is 4.79 Å². The van der Waals surface area contributed by atoms with Gasteiger partial charge in [0.25, 0.3) is 0 Å². The number of urea groups is 1. The van der Waals surface area contributed by atoms with E-state index >= 15 is 0 Å². The highest BCUT2D eigenvalue weighted by Crippen LogP contribution is 2.42. The van der Waals surface area contributed by atoms with Crippen LogP contribution in [0.25, 0.3) is 10.2 Å². The molecule has 0 aliphatic carbocycles. The second-order valence-electron chi connectivity index (χ2n) is 5.69. The zero-order valence-electron chi connectivity index (χ0n) is 13.4. The number of amides is 2. The van der Waals surface area contributed by atoms with E-state index in [0.717, 1.165) is 27.3 Å². The number of ether oxygens (including phenoxy) is 1. The predicted molar refractivity (Wildman–Crippen MR) is 102 cm³/mol. The number of hydrogen-bond donors (Lipinski definition) is 1. The molecule has 7 heteroatoms. The second kappa shape index (κ2) is 5.82. The second-order valence-corrected chi connectivity index (χ2v) is 6.55. The van der Waals surface area contributed by atoms with Gasteiger partial charge in [0.05, 0.1) is 23.0 Å². The third-order valence-electron chi connectivity index (χ3n) is 4.07. The average Bonchev–Trinajstić information content (AvgIpc) is 3.08. The van der Waals surface area contributed by atoms with E-state index in [2.05, 4.69) is 15.3 Å². The van der Waals surface area contributed by atoms with Crippen LogP contribution in [0.1, 0.15) is 0 Å². The monoisotopic (exact) mass is 360 g/mol. The van der Waals surface area contributed by atoms with Gasteiger partial charge in [-0.3, -0.25) is 0 Å². The van der Waals surface area contributed by atoms with Gasteiger partial charge in [-0.1, -0.05) is 18.2 Å². The zero-order valence-corrected chi connectivity index (χ0v) is 14.2. The first kappa shape index (κ1) is 14.9. The van der Waals surface area contributed by atoms with Crippen molar-refractivity contribution in [3.05, 3.63) is 66.3 Å². The molecule has 4 heterocycles. The van der Waals surface area contributed by atoms with Crippen molar-refractivity contribution < 1.29 is 9.53 Å². The molecule has 0 atom stereocenters. The van der Waals surface area contributed by atoms with Crippen molar-refractivity contribution >= 4 is 44.8 Å². The number of carbonyl (C=O) groups excluding carboxylic acids is 1. The van der Waals surface area contributed by atoms with Gasteiger partial charge in [0.15, 0.2) is 0 Å². The Hall–Kier alpha value is -3.45. The minimum absolute atomic E-state index is 0.243. The van der Waals surface area contributed by atoms with Crippen LogP contribution in [-0.4, -0.2) is 16.0 Å². The van der Waals surface area contributed by atoms with Gasteiger partial charge in [0.2, 0.25) is 0 Å². The molecule has 3 aromatic heterocycles. The van der Waals surface area contributed by atoms with Gasteiger partial charge in [-0.15, -0.1) is 11.3 Å². The van der Waals surface area contributed by atoms with Crippen molar-refractivity contribution in [3.63, 3.8) is 0 Å². The summed E-state index contributed by atoms with van der Waals surface area (Å²) in [5.41, 5.74) is 1.57. The Kier molecular flexibility index (Phi) is 3.32. The molecule has 5 rings (SSSR count). The Bertz CT molecular complexity index is 1110. The fourth-order valence-electron chi connectivity index (χ4n) is 2.93. The SMILES string of the molecule is O=C1Nc2csc3nccc(c23)N1c1ccc(Oc2ccccc2)cn1. The van der Waals surface area contributed by atoms with E-state index in [1.807, 2.05) is 41.8 Å². The first-order chi connectivity index (χ1) is 12.8. The van der Waals surface area contributed by atoms with Gasteiger partial charge in [-0.05, 0) is 30.3 Å². The molecule has 26 heavy (non-hydrogen) atoms. The largest absolute Gasteiger partial charge is 0.456 e. The summed E-state index contributed by atoms with van der Waals surface area (Å²) in [6.07, 6.45) is 3.31. The van der Waals surface area contributed by atoms with Crippen LogP contribution in [0.2, 0.25) is 0 Å². The lowest BCUT2D eigenvalue weighted by atomic mass is 10.2. The maximum Gasteiger partial charge on any atom is 0.332 e. The predicted octanol–water partition coefficient (Wildman–Crippen LogP) is 5.17. The van der Waals surface area contributed by atoms with Crippen LogP contribution in [0.15, 0.2) is 66.3 Å². The molecule has 6 nitrogen and oxygen atoms in total. The average molecular weight is 360 g/mol. The molecule has 0 radical (unpaired) electrons. The molecular weight excluding hydrogens is 348 g/mol. The summed E-state index contributed by atoms with van der Waals surface area (Å²) in [5.74, 6) is 1.86. The first-order valence-electron chi connectivity index (χ1n) is 7.96. The Balaban J connectivity index is 1.51. The summed E-state index contributed by atoms with van der Waals surface area (Å²) in [6.45, 7) is 0. The molecule has 0 spiro atoms. The Morgan fingerprint density at radius 3 is 2.69 bits per heavy atom. The van der Waals surface area contributed by atoms with Crippen molar-refractivity contribution in [1.82, 2.24) is 9.97 Å². The summed E-state index contributed by atoms with van der Waals surface area (Å²) in [5, 5.41) is 5.73. The molecular formula is C19H12N4O2S. The van der Waals surface area contributed by atoms with Crippen LogP contribution in [0.3, 0.4) is 0 Å². The minimum Gasteiger partial charge on any atom is -0.456 e. The van der Waals surface area contributed by atoms with Crippen LogP contribution in [-0.2, 0) is 0 Å². The Labute approximate surface area is 152 Å². The molecule has 2 amide bonds. The smallest absolute Gasteiger partial charge is 0.332 e. The van der Waals surface area contributed by atoms with Gasteiger partial charge in [0.1, 0.15) is 22.1 Å². The van der Waals surface area contributed by atoms with Crippen LogP contribution < -0.4 is 15.0 Å². The molecule has 1 aromatic carbocycles. The zero-order chi connectivity index (χ0) is 17.5. The van der Waals surface area contributed by atoms with Gasteiger partial charge < -0.3 is 10.1 Å². The number of pyridine rings is 2. The van der Waals surface area contributed by atoms with E-state index in [1.165, 1.54) is 11.3 Å². The van der Waals surface area contributed by atoms with E-state index in [0.29, 0.717) is 11.6 Å². The third-order valence-corrected chi connectivity index (χ3v) is 4.95. The van der Waals surface area contributed by atoms with E-state index < -0.39 is 0 Å². The molecule has 0 bridgehead atoms. The number of rotatable bonds is 3. The summed E-state index contributed by atoms with van der Waals surface area (Å²) >= 11 is 1.50. The highest BCUT2D eigenvalue weighted by Gasteiger charge is 2.28. The van der Waals surface area contributed by atoms with Crippen LogP contribution in [0.5, 0.6) is 11.5 Å². The number of carbonyl (C=O) groups is 1. The molecule has 4 aromatic rings. The number of anilines is 3. The fourth-order valence-corrected chi connectivity index (χ4v) is 3.79. The maximum absolute atomic E-state index is 12.6. The van der Waals surface area contributed by atoms with Gasteiger partial charge in [-0.25, -0.2) is 19.7 Å². The normalized spacial score (nSPS) is 12.9. The van der Waals surface area contributed by atoms with Crippen LogP contribution in [0.4, 0.5) is 22.0 Å². The van der Waals surface area contributed by atoms with Gasteiger partial charge >= 0.3 is 6.03 Å². The number of aromatic nitrogens is 2. The van der Waals surface area contributed by atoms with Crippen molar-refractivity contribution in [1.29, 1.82) is 0 Å². The van der Waals surface area contributed by atoms with Gasteiger partial charge in [0, 0.05) is 11.6 Å². The van der Waals surface area contributed by atoms with E-state index in [1.54, 1.807) is 29.4 Å². The Morgan fingerprint density at radius 1 is 1.00 bits per heavy atom. The maximum atomic E-state index is 12.6. The van der Waals surface area contributed by atoms with Crippen molar-refractivity contribution in [2.24, 2.45) is 0 Å². The summed E-state index contributed by atoms with van der Waals surface area (Å²) in [7, 11) is 0. The number of benzene rings is 1. The molecule has 0 unspecified atom stereocenters. The van der Waals surface area contributed by atoms with E-state index in [4.69, 9.17) is 4.74 Å². The number of para-hydroxylation sites is 1. The minimum atomic E-state index is -0.243. The van der Waals surface area contributed by atoms with Crippen LogP contribution in [0, 0.1) is 0 Å². The molecule has 0 saturated heterocycles. The molecule has 1 aliphatic heterocycles. The number of nitrogens with zero attached hydrogens (tertiary/aromatic N) is 3. The molecule has 0 saturated carbocycles. The lowest BCUT2D eigenvalue weighted by molar-refractivity contribution is 0.258. The first-order valence-corrected chi connectivity index (χ1v) is 8.84. The topological polar surface area (TPSA) is 67.4 Å². The number of thiophene rings is 1. The summed E-state index contributed by atoms with van der Waals surface area (Å²) < 4.78 is 5.76. The Morgan fingerprint density at radius 2 is 1.88 bits per heavy atom. The lowest BCUT2D eigenvalue weighted by Gasteiger charge is -2.27. The number of hydrogen-bond acceptors (Lipinski definition) is 5. The molecule has 126 valence electrons. The highest BCUT2D eigenvalue weighted by atomic mass is 32.1. The van der Waals surface area contributed by atoms with E-state index in [-0.39, 0.29) is 6.03 Å². The summed E-state index contributed by atoms with van der Waals surface area (Å²) in [4.78, 5) is 23.8. The fraction of sp³-hybridized carbons (Fsp3) is 0. The van der Waals surface area contributed by atoms with Crippen molar-refractivity contribution in [2.75, 3.05) is 10.2 Å². The summed E-state index contributed by atoms with van der Waals surface area (Å²) in [6, 6.07) is 14.6. The van der Waals surface area contributed by atoms with Crippen LogP contribution >= 0.6 is 11.3 Å². The quantitative estimate of drug-likeness (QED) is 0.547. The highest BCUT2D eigenvalue weighted by molar-refractivity contribution is 7.17. The van der Waals surface area contributed by atoms with Crippen molar-refractivity contribution in [2.45, 2.75) is 0 Å². The van der Waals surface area contributed by atoms with Gasteiger partial charge in [-0.2, -0.15) is 0 Å². The molecule has 0 fully saturated rings. The molecule has 1 N–H and O–H groups in total. The van der Waals surface area contributed by atoms with Crippen molar-refractivity contribution in [3.8, 4) is 11.5 Å². The lowest BCUT2D eigenvalue weighted by Crippen LogP contribution is -2.34. The molecule has 1 aliphatic rings. The third kappa shape index (κ3) is 2.37. The standard InChI is InChI=1S/C19H12N4O2S/c24-19-22-14-11-26-18-17(14)15(8-9-20-18)23(19)16-7-6-13(10-21-16)25-12-4-2-1-3-5-12/h1-11H,(H,22,24). The number of nitrogens with one attached hydrogen (secondary N) is 1.